The molecule has 0 unspecified atom stereocenters. The summed E-state index contributed by atoms with van der Waals surface area (Å²) in [6.45, 7) is 2.21. The lowest BCUT2D eigenvalue weighted by atomic mass is 9.90. The number of amides is 1. The molecular weight excluding hydrogens is 435 g/mol. The first-order chi connectivity index (χ1) is 15.8. The van der Waals surface area contributed by atoms with Crippen LogP contribution in [-0.2, 0) is 6.18 Å². The predicted molar refractivity (Wildman–Crippen MR) is 115 cm³/mol. The molecule has 0 aliphatic heterocycles. The number of halogens is 3. The van der Waals surface area contributed by atoms with Crippen LogP contribution in [0.15, 0.2) is 42.9 Å². The third-order valence-corrected chi connectivity index (χ3v) is 5.75. The Labute approximate surface area is 189 Å². The SMILES string of the molecule is Cc1c(C(=O)Nc2ncccc2OCC2CCCCC2)cnn1-c1ccc(C(F)(F)F)cn1. The molecule has 1 amide bonds. The lowest BCUT2D eigenvalue weighted by Crippen LogP contribution is -2.18. The summed E-state index contributed by atoms with van der Waals surface area (Å²) in [5.41, 5.74) is -0.175. The van der Waals surface area contributed by atoms with E-state index in [4.69, 9.17) is 4.74 Å². The van der Waals surface area contributed by atoms with Gasteiger partial charge in [0.1, 0.15) is 0 Å². The molecule has 1 aliphatic rings. The average molecular weight is 459 g/mol. The zero-order valence-corrected chi connectivity index (χ0v) is 18.1. The standard InChI is InChI=1S/C23H24F3N5O2/c1-15-18(13-29-31(15)20-10-9-17(12-28-20)23(24,25)26)22(32)30-21-19(8-5-11-27-21)33-14-16-6-3-2-4-7-16/h5,8-13,16H,2-4,6-7,14H2,1H3,(H,27,30,32). The summed E-state index contributed by atoms with van der Waals surface area (Å²) in [5, 5.41) is 6.87. The van der Waals surface area contributed by atoms with E-state index in [0.29, 0.717) is 29.8 Å². The van der Waals surface area contributed by atoms with Gasteiger partial charge in [0.25, 0.3) is 5.91 Å². The molecule has 0 spiro atoms. The van der Waals surface area contributed by atoms with Crippen LogP contribution in [0, 0.1) is 12.8 Å². The molecule has 3 heterocycles. The normalized spacial score (nSPS) is 14.8. The fourth-order valence-electron chi connectivity index (χ4n) is 3.88. The summed E-state index contributed by atoms with van der Waals surface area (Å²) < 4.78 is 45.6. The van der Waals surface area contributed by atoms with Crippen LogP contribution in [0.25, 0.3) is 5.82 Å². The minimum atomic E-state index is -4.48. The van der Waals surface area contributed by atoms with Crippen LogP contribution in [0.4, 0.5) is 19.0 Å². The van der Waals surface area contributed by atoms with E-state index in [0.717, 1.165) is 25.1 Å². The predicted octanol–water partition coefficient (Wildman–Crippen LogP) is 5.20. The molecule has 4 rings (SSSR count). The van der Waals surface area contributed by atoms with E-state index in [1.807, 2.05) is 0 Å². The largest absolute Gasteiger partial charge is 0.489 e. The molecule has 0 aromatic carbocycles. The van der Waals surface area contributed by atoms with E-state index in [1.165, 1.54) is 36.2 Å². The van der Waals surface area contributed by atoms with Gasteiger partial charge in [0.05, 0.1) is 29.6 Å². The minimum absolute atomic E-state index is 0.175. The Kier molecular flexibility index (Phi) is 6.62. The van der Waals surface area contributed by atoms with Crippen LogP contribution >= 0.6 is 0 Å². The van der Waals surface area contributed by atoms with Gasteiger partial charge in [-0.3, -0.25) is 4.79 Å². The molecule has 0 bridgehead atoms. The topological polar surface area (TPSA) is 81.9 Å². The van der Waals surface area contributed by atoms with E-state index < -0.39 is 17.6 Å². The highest BCUT2D eigenvalue weighted by Crippen LogP contribution is 2.29. The van der Waals surface area contributed by atoms with E-state index >= 15 is 0 Å². The van der Waals surface area contributed by atoms with Crippen LogP contribution in [0.5, 0.6) is 5.75 Å². The number of pyridine rings is 2. The lowest BCUT2D eigenvalue weighted by Gasteiger charge is -2.22. The highest BCUT2D eigenvalue weighted by atomic mass is 19.4. The summed E-state index contributed by atoms with van der Waals surface area (Å²) in [7, 11) is 0. The molecule has 33 heavy (non-hydrogen) atoms. The Balaban J connectivity index is 1.47. The molecule has 174 valence electrons. The van der Waals surface area contributed by atoms with Crippen molar-refractivity contribution in [2.24, 2.45) is 5.92 Å². The van der Waals surface area contributed by atoms with Crippen LogP contribution in [0.2, 0.25) is 0 Å². The van der Waals surface area contributed by atoms with Crippen LogP contribution in [-0.4, -0.2) is 32.3 Å². The van der Waals surface area contributed by atoms with Gasteiger partial charge in [0.15, 0.2) is 17.4 Å². The molecule has 1 aliphatic carbocycles. The highest BCUT2D eigenvalue weighted by Gasteiger charge is 2.31. The zero-order valence-electron chi connectivity index (χ0n) is 18.1. The summed E-state index contributed by atoms with van der Waals surface area (Å²) >= 11 is 0. The Morgan fingerprint density at radius 2 is 1.94 bits per heavy atom. The van der Waals surface area contributed by atoms with Gasteiger partial charge >= 0.3 is 6.18 Å². The summed E-state index contributed by atoms with van der Waals surface area (Å²) in [5.74, 6) is 1.02. The molecule has 1 fully saturated rings. The van der Waals surface area contributed by atoms with E-state index in [1.54, 1.807) is 25.3 Å². The molecular formula is C23H24F3N5O2. The van der Waals surface area contributed by atoms with Gasteiger partial charge in [-0.1, -0.05) is 19.3 Å². The zero-order chi connectivity index (χ0) is 23.4. The van der Waals surface area contributed by atoms with Crippen molar-refractivity contribution in [1.82, 2.24) is 19.7 Å². The van der Waals surface area contributed by atoms with Gasteiger partial charge in [0.2, 0.25) is 0 Å². The maximum absolute atomic E-state index is 12.9. The van der Waals surface area contributed by atoms with E-state index in [2.05, 4.69) is 20.4 Å². The molecule has 3 aromatic heterocycles. The van der Waals surface area contributed by atoms with Crippen molar-refractivity contribution in [3.05, 3.63) is 59.7 Å². The molecule has 10 heteroatoms. The Bertz CT molecular complexity index is 1110. The van der Waals surface area contributed by atoms with Gasteiger partial charge in [0, 0.05) is 12.4 Å². The first-order valence-corrected chi connectivity index (χ1v) is 10.8. The number of anilines is 1. The van der Waals surface area contributed by atoms with Crippen molar-refractivity contribution in [1.29, 1.82) is 0 Å². The number of aromatic nitrogens is 4. The molecule has 3 aromatic rings. The first kappa shape index (κ1) is 22.8. The third kappa shape index (κ3) is 5.32. The number of ether oxygens (including phenoxy) is 1. The van der Waals surface area contributed by atoms with Gasteiger partial charge < -0.3 is 10.1 Å². The average Bonchev–Trinajstić information content (AvgIpc) is 3.20. The second-order valence-corrected chi connectivity index (χ2v) is 8.08. The van der Waals surface area contributed by atoms with Crippen molar-refractivity contribution in [2.45, 2.75) is 45.2 Å². The second-order valence-electron chi connectivity index (χ2n) is 8.08. The number of hydrogen-bond acceptors (Lipinski definition) is 5. The Hall–Kier alpha value is -3.43. The number of alkyl halides is 3. The van der Waals surface area contributed by atoms with Crippen LogP contribution in [0.1, 0.15) is 53.7 Å². The number of hydrogen-bond donors (Lipinski definition) is 1. The smallest absolute Gasteiger partial charge is 0.417 e. The highest BCUT2D eigenvalue weighted by molar-refractivity contribution is 6.05. The molecule has 7 nitrogen and oxygen atoms in total. The maximum Gasteiger partial charge on any atom is 0.417 e. The molecule has 0 radical (unpaired) electrons. The molecule has 0 atom stereocenters. The quantitative estimate of drug-likeness (QED) is 0.548. The van der Waals surface area contributed by atoms with Crippen molar-refractivity contribution in [3.63, 3.8) is 0 Å². The Morgan fingerprint density at radius 3 is 2.64 bits per heavy atom. The van der Waals surface area contributed by atoms with Crippen LogP contribution < -0.4 is 10.1 Å². The van der Waals surface area contributed by atoms with Gasteiger partial charge in [-0.2, -0.15) is 18.3 Å². The maximum atomic E-state index is 12.9. The fraction of sp³-hybridized carbons (Fsp3) is 0.391. The first-order valence-electron chi connectivity index (χ1n) is 10.8. The van der Waals surface area contributed by atoms with E-state index in [9.17, 15) is 18.0 Å². The summed E-state index contributed by atoms with van der Waals surface area (Å²) in [4.78, 5) is 21.0. The molecule has 0 saturated heterocycles. The summed E-state index contributed by atoms with van der Waals surface area (Å²) in [6.07, 6.45) is 5.12. The van der Waals surface area contributed by atoms with E-state index in [-0.39, 0.29) is 11.4 Å². The second kappa shape index (κ2) is 9.60. The van der Waals surface area contributed by atoms with Crippen molar-refractivity contribution in [2.75, 3.05) is 11.9 Å². The number of nitrogens with zero attached hydrogens (tertiary/aromatic N) is 4. The number of carbonyl (C=O) groups is 1. The lowest BCUT2D eigenvalue weighted by molar-refractivity contribution is -0.137. The number of nitrogens with one attached hydrogen (secondary N) is 1. The van der Waals surface area contributed by atoms with Gasteiger partial charge in [-0.25, -0.2) is 14.6 Å². The summed E-state index contributed by atoms with van der Waals surface area (Å²) in [6, 6.07) is 5.63. The Morgan fingerprint density at radius 1 is 1.15 bits per heavy atom. The number of rotatable bonds is 6. The number of carbonyl (C=O) groups excluding carboxylic acids is 1. The fourth-order valence-corrected chi connectivity index (χ4v) is 3.88. The van der Waals surface area contributed by atoms with Crippen LogP contribution in [0.3, 0.4) is 0 Å². The molecule has 1 N–H and O–H groups in total. The van der Waals surface area contributed by atoms with Crippen molar-refractivity contribution in [3.8, 4) is 11.6 Å². The van der Waals surface area contributed by atoms with Gasteiger partial charge in [-0.15, -0.1) is 0 Å². The van der Waals surface area contributed by atoms with Crippen molar-refractivity contribution >= 4 is 11.7 Å². The minimum Gasteiger partial charge on any atom is -0.489 e. The molecule has 1 saturated carbocycles. The monoisotopic (exact) mass is 459 g/mol. The van der Waals surface area contributed by atoms with Crippen molar-refractivity contribution < 1.29 is 22.7 Å². The van der Waals surface area contributed by atoms with Gasteiger partial charge in [-0.05, 0) is 49.9 Å². The third-order valence-electron chi connectivity index (χ3n) is 5.75.